The van der Waals surface area contributed by atoms with Crippen LogP contribution in [-0.2, 0) is 23.5 Å². The number of nitrogens with zero attached hydrogens (tertiary/aromatic N) is 4. The summed E-state index contributed by atoms with van der Waals surface area (Å²) in [5.74, 6) is 0.532. The molecule has 1 amide bonds. The average molecular weight is 478 g/mol. The number of hydrogen-bond acceptors (Lipinski definition) is 6. The van der Waals surface area contributed by atoms with Crippen LogP contribution >= 0.6 is 11.8 Å². The Morgan fingerprint density at radius 2 is 1.68 bits per heavy atom. The minimum Gasteiger partial charge on any atom is -0.348 e. The fourth-order valence-corrected chi connectivity index (χ4v) is 4.17. The van der Waals surface area contributed by atoms with Gasteiger partial charge in [0.05, 0.1) is 17.9 Å². The van der Waals surface area contributed by atoms with Gasteiger partial charge in [-0.3, -0.25) is 19.5 Å². The third kappa shape index (κ3) is 5.84. The molecule has 1 heterocycles. The molecule has 0 spiro atoms. The van der Waals surface area contributed by atoms with E-state index in [1.165, 1.54) is 36.0 Å². The zero-order valence-corrected chi connectivity index (χ0v) is 18.7. The van der Waals surface area contributed by atoms with E-state index in [-0.39, 0.29) is 30.4 Å². The Labute approximate surface area is 199 Å². The monoisotopic (exact) mass is 477 g/mol. The minimum atomic E-state index is -0.461. The van der Waals surface area contributed by atoms with Crippen molar-refractivity contribution >= 4 is 23.4 Å². The van der Waals surface area contributed by atoms with Crippen molar-refractivity contribution in [2.75, 3.05) is 0 Å². The van der Waals surface area contributed by atoms with Gasteiger partial charge in [-0.15, -0.1) is 10.2 Å². The lowest BCUT2D eigenvalue weighted by Crippen LogP contribution is -2.26. The molecular weight excluding hydrogens is 457 g/mol. The summed E-state index contributed by atoms with van der Waals surface area (Å²) in [5, 5.41) is 23.0. The van der Waals surface area contributed by atoms with Crippen LogP contribution in [0.2, 0.25) is 0 Å². The molecule has 8 nitrogen and oxygen atoms in total. The molecule has 34 heavy (non-hydrogen) atoms. The lowest BCUT2D eigenvalue weighted by atomic mass is 10.1. The van der Waals surface area contributed by atoms with Gasteiger partial charge in [-0.1, -0.05) is 54.2 Å². The molecule has 0 fully saturated rings. The van der Waals surface area contributed by atoms with Crippen molar-refractivity contribution in [3.05, 3.63) is 112 Å². The lowest BCUT2D eigenvalue weighted by molar-refractivity contribution is -0.384. The number of nitro groups is 1. The van der Waals surface area contributed by atoms with E-state index < -0.39 is 4.92 Å². The third-order valence-electron chi connectivity index (χ3n) is 4.95. The van der Waals surface area contributed by atoms with E-state index in [0.29, 0.717) is 28.0 Å². The van der Waals surface area contributed by atoms with Gasteiger partial charge in [-0.25, -0.2) is 4.39 Å². The molecule has 4 rings (SSSR count). The molecule has 0 radical (unpaired) electrons. The van der Waals surface area contributed by atoms with Crippen molar-refractivity contribution in [2.45, 2.75) is 23.9 Å². The first kappa shape index (κ1) is 23.1. The second-order valence-electron chi connectivity index (χ2n) is 7.36. The van der Waals surface area contributed by atoms with Crippen LogP contribution in [0.15, 0.2) is 84.0 Å². The Morgan fingerprint density at radius 1 is 0.971 bits per heavy atom. The van der Waals surface area contributed by atoms with Gasteiger partial charge in [0.25, 0.3) is 5.69 Å². The van der Waals surface area contributed by atoms with Crippen molar-refractivity contribution in [1.82, 2.24) is 20.1 Å². The first-order chi connectivity index (χ1) is 16.5. The summed E-state index contributed by atoms with van der Waals surface area (Å²) in [7, 11) is 0. The standard InChI is InChI=1S/C24H20FN5O3S/c25-19-8-6-17(7-9-19)14-23(31)26-15-22-27-28-24(34-16-18-4-2-1-3-5-18)29(22)20-10-12-21(13-11-20)30(32)33/h1-13H,14-16H2,(H,26,31). The minimum absolute atomic E-state index is 0.0236. The predicted molar refractivity (Wildman–Crippen MR) is 126 cm³/mol. The maximum Gasteiger partial charge on any atom is 0.269 e. The zero-order chi connectivity index (χ0) is 23.9. The molecule has 0 saturated heterocycles. The summed E-state index contributed by atoms with van der Waals surface area (Å²) in [5.41, 5.74) is 2.42. The fraction of sp³-hybridized carbons (Fsp3) is 0.125. The maximum absolute atomic E-state index is 13.1. The number of benzene rings is 3. The Bertz CT molecular complexity index is 1280. The Morgan fingerprint density at radius 3 is 2.35 bits per heavy atom. The highest BCUT2D eigenvalue weighted by molar-refractivity contribution is 7.98. The maximum atomic E-state index is 13.1. The molecule has 10 heteroatoms. The molecule has 1 aromatic heterocycles. The Balaban J connectivity index is 1.53. The molecule has 0 bridgehead atoms. The number of rotatable bonds is 9. The molecule has 3 aromatic carbocycles. The normalized spacial score (nSPS) is 10.7. The molecule has 0 aliphatic carbocycles. The topological polar surface area (TPSA) is 103 Å². The first-order valence-electron chi connectivity index (χ1n) is 10.4. The van der Waals surface area contributed by atoms with Crippen molar-refractivity contribution in [1.29, 1.82) is 0 Å². The van der Waals surface area contributed by atoms with E-state index in [2.05, 4.69) is 15.5 Å². The van der Waals surface area contributed by atoms with Gasteiger partial charge in [0.2, 0.25) is 5.91 Å². The van der Waals surface area contributed by atoms with E-state index in [1.54, 1.807) is 28.8 Å². The van der Waals surface area contributed by atoms with Crippen molar-refractivity contribution < 1.29 is 14.1 Å². The van der Waals surface area contributed by atoms with Gasteiger partial charge < -0.3 is 5.32 Å². The third-order valence-corrected chi connectivity index (χ3v) is 5.95. The molecule has 0 atom stereocenters. The second kappa shape index (κ2) is 10.7. The van der Waals surface area contributed by atoms with Crippen LogP contribution in [-0.4, -0.2) is 25.6 Å². The quantitative estimate of drug-likeness (QED) is 0.217. The molecule has 0 aliphatic rings. The number of hydrogen-bond donors (Lipinski definition) is 1. The molecule has 172 valence electrons. The predicted octanol–water partition coefficient (Wildman–Crippen LogP) is 4.47. The van der Waals surface area contributed by atoms with Crippen LogP contribution < -0.4 is 5.32 Å². The van der Waals surface area contributed by atoms with Gasteiger partial charge in [0.1, 0.15) is 5.82 Å². The Kier molecular flexibility index (Phi) is 7.28. The van der Waals surface area contributed by atoms with Gasteiger partial charge in [0, 0.05) is 23.6 Å². The molecule has 0 unspecified atom stereocenters. The SMILES string of the molecule is O=C(Cc1ccc(F)cc1)NCc1nnc(SCc2ccccc2)n1-c1ccc([N+](=O)[O-])cc1. The van der Waals surface area contributed by atoms with Gasteiger partial charge in [-0.05, 0) is 35.4 Å². The highest BCUT2D eigenvalue weighted by Gasteiger charge is 2.17. The number of thioether (sulfide) groups is 1. The average Bonchev–Trinajstić information content (AvgIpc) is 3.26. The van der Waals surface area contributed by atoms with E-state index in [0.717, 1.165) is 5.56 Å². The highest BCUT2D eigenvalue weighted by atomic mass is 32.2. The number of halogens is 1. The fourth-order valence-electron chi connectivity index (χ4n) is 3.24. The number of nitro benzene ring substituents is 1. The van der Waals surface area contributed by atoms with E-state index >= 15 is 0 Å². The van der Waals surface area contributed by atoms with Crippen molar-refractivity contribution in [3.8, 4) is 5.69 Å². The summed E-state index contributed by atoms with van der Waals surface area (Å²) in [6.45, 7) is 0.107. The largest absolute Gasteiger partial charge is 0.348 e. The lowest BCUT2D eigenvalue weighted by Gasteiger charge is -2.11. The number of carbonyl (C=O) groups is 1. The molecule has 4 aromatic rings. The first-order valence-corrected chi connectivity index (χ1v) is 11.3. The molecule has 0 aliphatic heterocycles. The molecule has 0 saturated carbocycles. The van der Waals surface area contributed by atoms with Crippen LogP contribution in [0.4, 0.5) is 10.1 Å². The number of nitrogens with one attached hydrogen (secondary N) is 1. The van der Waals surface area contributed by atoms with E-state index in [4.69, 9.17) is 0 Å². The summed E-state index contributed by atoms with van der Waals surface area (Å²) in [6.07, 6.45) is 0.0988. The zero-order valence-electron chi connectivity index (χ0n) is 17.9. The van der Waals surface area contributed by atoms with Crippen LogP contribution in [0.25, 0.3) is 5.69 Å². The summed E-state index contributed by atoms with van der Waals surface area (Å²) in [6, 6.07) is 21.7. The van der Waals surface area contributed by atoms with Gasteiger partial charge >= 0.3 is 0 Å². The van der Waals surface area contributed by atoms with Gasteiger partial charge in [0.15, 0.2) is 11.0 Å². The van der Waals surface area contributed by atoms with Gasteiger partial charge in [-0.2, -0.15) is 0 Å². The smallest absolute Gasteiger partial charge is 0.269 e. The van der Waals surface area contributed by atoms with Crippen LogP contribution in [0.5, 0.6) is 0 Å². The summed E-state index contributed by atoms with van der Waals surface area (Å²) >= 11 is 1.47. The van der Waals surface area contributed by atoms with Crippen LogP contribution in [0, 0.1) is 15.9 Å². The number of non-ortho nitro benzene ring substituents is 1. The number of carbonyl (C=O) groups excluding carboxylic acids is 1. The van der Waals surface area contributed by atoms with E-state index in [9.17, 15) is 19.3 Å². The molecular formula is C24H20FN5O3S. The number of amides is 1. The highest BCUT2D eigenvalue weighted by Crippen LogP contribution is 2.26. The summed E-state index contributed by atoms with van der Waals surface area (Å²) < 4.78 is 14.9. The van der Waals surface area contributed by atoms with Crippen molar-refractivity contribution in [3.63, 3.8) is 0 Å². The second-order valence-corrected chi connectivity index (χ2v) is 8.30. The van der Waals surface area contributed by atoms with Crippen molar-refractivity contribution in [2.24, 2.45) is 0 Å². The van der Waals surface area contributed by atoms with Crippen LogP contribution in [0.3, 0.4) is 0 Å². The molecule has 1 N–H and O–H groups in total. The Hall–Kier alpha value is -4.05. The number of aromatic nitrogens is 3. The van der Waals surface area contributed by atoms with Crippen LogP contribution in [0.1, 0.15) is 17.0 Å². The summed E-state index contributed by atoms with van der Waals surface area (Å²) in [4.78, 5) is 23.0. The van der Waals surface area contributed by atoms with E-state index in [1.807, 2.05) is 30.3 Å².